The number of ether oxygens (including phenoxy) is 3. The lowest BCUT2D eigenvalue weighted by molar-refractivity contribution is -0.169. The number of aliphatic hydroxyl groups excluding tert-OH is 1. The lowest BCUT2D eigenvalue weighted by atomic mass is 9.52. The number of hydrogen-bond donors (Lipinski definition) is 5. The van der Waals surface area contributed by atoms with Gasteiger partial charge < -0.3 is 45.5 Å². The number of nitrogens with one attached hydrogen (secondary N) is 1. The number of benzene rings is 1. The van der Waals surface area contributed by atoms with Gasteiger partial charge >= 0.3 is 17.9 Å². The first-order valence-corrected chi connectivity index (χ1v) is 14.6. The SMILES string of the molecule is C[C@H](NC(=O)CC[C@H](N)C(=O)O)C(=O)O[C@@H](C)C(=O)OC1=CC[C@@]2(O)[C@H]3Cc4ccc(CO)c5c4[C@@]2(CCCN3C)[C@H]1O5. The van der Waals surface area contributed by atoms with E-state index < -0.39 is 59.1 Å². The van der Waals surface area contributed by atoms with Crippen LogP contribution in [-0.2, 0) is 47.1 Å². The molecule has 43 heavy (non-hydrogen) atoms. The van der Waals surface area contributed by atoms with E-state index in [2.05, 4.69) is 10.2 Å². The van der Waals surface area contributed by atoms with Crippen LogP contribution in [0.5, 0.6) is 5.75 Å². The molecule has 6 N–H and O–H groups in total. The van der Waals surface area contributed by atoms with E-state index in [-0.39, 0.29) is 37.7 Å². The van der Waals surface area contributed by atoms with Crippen molar-refractivity contribution in [1.82, 2.24) is 10.2 Å². The Hall–Kier alpha value is -3.52. The molecule has 0 radical (unpaired) electrons. The van der Waals surface area contributed by atoms with Gasteiger partial charge in [-0.15, -0.1) is 0 Å². The van der Waals surface area contributed by atoms with Crippen LogP contribution in [0.15, 0.2) is 24.0 Å². The van der Waals surface area contributed by atoms with Crippen LogP contribution in [0, 0.1) is 0 Å². The highest BCUT2D eigenvalue weighted by atomic mass is 16.6. The molecule has 1 aromatic rings. The first-order chi connectivity index (χ1) is 20.3. The predicted molar refractivity (Wildman–Crippen MR) is 150 cm³/mol. The Balaban J connectivity index is 1.31. The third-order valence-corrected chi connectivity index (χ3v) is 9.42. The molecule has 1 amide bonds. The van der Waals surface area contributed by atoms with Crippen molar-refractivity contribution in [3.05, 3.63) is 40.7 Å². The van der Waals surface area contributed by atoms with E-state index in [1.165, 1.54) is 13.8 Å². The van der Waals surface area contributed by atoms with E-state index in [0.29, 0.717) is 24.2 Å². The molecule has 2 aliphatic carbocycles. The quantitative estimate of drug-likeness (QED) is 0.226. The zero-order chi connectivity index (χ0) is 31.3. The number of nitrogens with two attached hydrogens (primary N) is 1. The summed E-state index contributed by atoms with van der Waals surface area (Å²) in [5, 5.41) is 33.8. The van der Waals surface area contributed by atoms with Gasteiger partial charge in [-0.1, -0.05) is 12.1 Å². The molecule has 13 heteroatoms. The van der Waals surface area contributed by atoms with Crippen molar-refractivity contribution in [1.29, 1.82) is 0 Å². The van der Waals surface area contributed by atoms with Crippen molar-refractivity contribution in [2.45, 2.75) is 100 Å². The zero-order valence-electron chi connectivity index (χ0n) is 24.5. The molecule has 0 aromatic heterocycles. The minimum absolute atomic E-state index is 0.108. The number of amides is 1. The Labute approximate surface area is 248 Å². The van der Waals surface area contributed by atoms with Crippen LogP contribution in [0.3, 0.4) is 0 Å². The third-order valence-electron chi connectivity index (χ3n) is 9.42. The molecular weight excluding hydrogens is 562 g/mol. The number of hydrogen-bond acceptors (Lipinski definition) is 11. The summed E-state index contributed by atoms with van der Waals surface area (Å²) in [6, 6.07) is 1.30. The van der Waals surface area contributed by atoms with Gasteiger partial charge in [-0.05, 0) is 64.8 Å². The number of likely N-dealkylation sites (tertiary alicyclic amines) is 1. The van der Waals surface area contributed by atoms with Gasteiger partial charge in [0.25, 0.3) is 0 Å². The lowest BCUT2D eigenvalue weighted by Gasteiger charge is -2.56. The summed E-state index contributed by atoms with van der Waals surface area (Å²) < 4.78 is 17.6. The van der Waals surface area contributed by atoms with Crippen molar-refractivity contribution in [3.63, 3.8) is 0 Å². The van der Waals surface area contributed by atoms with E-state index in [0.717, 1.165) is 24.1 Å². The van der Waals surface area contributed by atoms with Gasteiger partial charge in [-0.2, -0.15) is 0 Å². The zero-order valence-corrected chi connectivity index (χ0v) is 24.5. The highest BCUT2D eigenvalue weighted by molar-refractivity contribution is 5.86. The molecule has 2 bridgehead atoms. The van der Waals surface area contributed by atoms with Crippen LogP contribution >= 0.6 is 0 Å². The third kappa shape index (κ3) is 5.07. The fourth-order valence-corrected chi connectivity index (χ4v) is 7.19. The van der Waals surface area contributed by atoms with Gasteiger partial charge in [0.1, 0.15) is 23.6 Å². The Morgan fingerprint density at radius 2 is 1.98 bits per heavy atom. The molecule has 1 saturated heterocycles. The van der Waals surface area contributed by atoms with Crippen molar-refractivity contribution < 1.29 is 48.7 Å². The monoisotopic (exact) mass is 601 g/mol. The first kappa shape index (κ1) is 30.9. The number of rotatable bonds is 10. The number of nitrogens with zero attached hydrogens (tertiary/aromatic N) is 1. The van der Waals surface area contributed by atoms with Crippen LogP contribution in [0.2, 0.25) is 0 Å². The molecule has 1 fully saturated rings. The Kier molecular flexibility index (Phi) is 8.29. The molecule has 13 nitrogen and oxygen atoms in total. The number of esters is 2. The maximum atomic E-state index is 13.2. The molecule has 0 unspecified atom stereocenters. The second kappa shape index (κ2) is 11.5. The average Bonchev–Trinajstić information content (AvgIpc) is 3.30. The van der Waals surface area contributed by atoms with Gasteiger partial charge in [0.15, 0.2) is 12.2 Å². The summed E-state index contributed by atoms with van der Waals surface area (Å²) in [6.07, 6.45) is 1.39. The van der Waals surface area contributed by atoms with E-state index in [1.807, 2.05) is 19.2 Å². The highest BCUT2D eigenvalue weighted by Gasteiger charge is 2.70. The van der Waals surface area contributed by atoms with Crippen LogP contribution in [0.4, 0.5) is 0 Å². The van der Waals surface area contributed by atoms with Crippen LogP contribution in [0.1, 0.15) is 62.6 Å². The van der Waals surface area contributed by atoms with Gasteiger partial charge in [0, 0.05) is 30.0 Å². The molecule has 2 aliphatic heterocycles. The molecule has 4 aliphatic rings. The van der Waals surface area contributed by atoms with Crippen molar-refractivity contribution in [2.75, 3.05) is 13.6 Å². The number of aliphatic hydroxyl groups is 2. The van der Waals surface area contributed by atoms with E-state index >= 15 is 0 Å². The average molecular weight is 602 g/mol. The normalized spacial score (nSPS) is 29.1. The number of likely N-dealkylation sites (N-methyl/N-ethyl adjacent to an activating group) is 1. The number of carbonyl (C=O) groups excluding carboxylic acids is 3. The predicted octanol–water partition coefficient (Wildman–Crippen LogP) is 0.0184. The van der Waals surface area contributed by atoms with E-state index in [4.69, 9.17) is 25.1 Å². The number of carboxylic acids is 1. The van der Waals surface area contributed by atoms with E-state index in [9.17, 15) is 29.4 Å². The summed E-state index contributed by atoms with van der Waals surface area (Å²) in [5.41, 5.74) is 5.80. The summed E-state index contributed by atoms with van der Waals surface area (Å²) in [5.74, 6) is -2.83. The van der Waals surface area contributed by atoms with Gasteiger partial charge in [-0.3, -0.25) is 9.59 Å². The summed E-state index contributed by atoms with van der Waals surface area (Å²) >= 11 is 0. The smallest absolute Gasteiger partial charge is 0.352 e. The minimum atomic E-state index is -1.33. The van der Waals surface area contributed by atoms with Gasteiger partial charge in [-0.25, -0.2) is 9.59 Å². The standard InChI is InChI=1S/C30H39N3O10/c1-15(32-22(35)8-7-19(31)26(36)37)27(38)41-16(2)28(39)42-20-9-11-30(40)21-13-17-5-6-18(14-34)24-23(17)29(30,25(20)43-24)10-4-12-33(21)3/h5-6,9,15-16,19,21,25,34,40H,4,7-8,10-14,31H2,1-3H3,(H,32,35)(H,36,37)/t15-,16-,19-,21+,25-,29-,30+/m0/s1. The van der Waals surface area contributed by atoms with Crippen molar-refractivity contribution in [2.24, 2.45) is 5.73 Å². The summed E-state index contributed by atoms with van der Waals surface area (Å²) in [4.78, 5) is 50.9. The Bertz CT molecular complexity index is 1360. The Morgan fingerprint density at radius 3 is 2.67 bits per heavy atom. The largest absolute Gasteiger partial charge is 0.481 e. The first-order valence-electron chi connectivity index (χ1n) is 14.6. The molecule has 234 valence electrons. The van der Waals surface area contributed by atoms with Crippen molar-refractivity contribution in [3.8, 4) is 5.75 Å². The summed E-state index contributed by atoms with van der Waals surface area (Å²) in [7, 11) is 2.00. The highest BCUT2D eigenvalue weighted by Crippen LogP contribution is 2.64. The minimum Gasteiger partial charge on any atom is -0.481 e. The summed E-state index contributed by atoms with van der Waals surface area (Å²) in [6.45, 7) is 3.25. The van der Waals surface area contributed by atoms with Crippen LogP contribution < -0.4 is 15.8 Å². The number of aliphatic carboxylic acids is 1. The molecule has 7 atom stereocenters. The lowest BCUT2D eigenvalue weighted by Crippen LogP contribution is -2.69. The topological polar surface area (TPSA) is 198 Å². The Morgan fingerprint density at radius 1 is 1.23 bits per heavy atom. The maximum absolute atomic E-state index is 13.2. The second-order valence-electron chi connectivity index (χ2n) is 12.0. The molecular formula is C30H39N3O10. The number of carbonyl (C=O) groups is 4. The molecule has 5 rings (SSSR count). The van der Waals surface area contributed by atoms with Gasteiger partial charge in [0.05, 0.1) is 17.6 Å². The van der Waals surface area contributed by atoms with Gasteiger partial charge in [0.2, 0.25) is 5.91 Å². The van der Waals surface area contributed by atoms with Crippen molar-refractivity contribution >= 4 is 23.8 Å². The van der Waals surface area contributed by atoms with Crippen LogP contribution in [-0.4, -0.2) is 93.6 Å². The fraction of sp³-hybridized carbons (Fsp3) is 0.600. The van der Waals surface area contributed by atoms with Crippen LogP contribution in [0.25, 0.3) is 0 Å². The fourth-order valence-electron chi connectivity index (χ4n) is 7.19. The molecule has 1 spiro atoms. The van der Waals surface area contributed by atoms with E-state index in [1.54, 1.807) is 6.08 Å². The number of carboxylic acid groups (broad SMARTS) is 1. The molecule has 2 heterocycles. The molecule has 1 aromatic carbocycles. The molecule has 0 saturated carbocycles. The second-order valence-corrected chi connectivity index (χ2v) is 12.0. The maximum Gasteiger partial charge on any atom is 0.352 e.